The molecule has 1 aromatic carbocycles. The molecule has 3 rings (SSSR count). The summed E-state index contributed by atoms with van der Waals surface area (Å²) in [5, 5.41) is 0. The molecule has 1 aliphatic rings. The van der Waals surface area contributed by atoms with Crippen molar-refractivity contribution in [3.8, 4) is 11.5 Å². The fourth-order valence-electron chi connectivity index (χ4n) is 3.11. The number of piperazine rings is 1. The third-order valence-corrected chi connectivity index (χ3v) is 4.56. The van der Waals surface area contributed by atoms with Gasteiger partial charge in [-0.2, -0.15) is 0 Å². The third kappa shape index (κ3) is 4.78. The first kappa shape index (κ1) is 18.8. The van der Waals surface area contributed by atoms with Gasteiger partial charge in [-0.15, -0.1) is 0 Å². The van der Waals surface area contributed by atoms with E-state index >= 15 is 0 Å². The lowest BCUT2D eigenvalue weighted by Gasteiger charge is -2.35. The number of methoxy groups -OCH3 is 1. The molecule has 0 spiro atoms. The molecule has 2 aromatic rings. The smallest absolute Gasteiger partial charge is 0.246 e. The zero-order chi connectivity index (χ0) is 19.1. The number of carbonyl (C=O) groups is 1. The van der Waals surface area contributed by atoms with Gasteiger partial charge < -0.3 is 19.3 Å². The fraction of sp³-hybridized carbons (Fsp3) is 0.333. The van der Waals surface area contributed by atoms with Crippen molar-refractivity contribution in [1.82, 2.24) is 4.90 Å². The van der Waals surface area contributed by atoms with E-state index in [2.05, 4.69) is 22.0 Å². The van der Waals surface area contributed by atoms with Gasteiger partial charge in [-0.1, -0.05) is 6.07 Å². The molecule has 27 heavy (non-hydrogen) atoms. The predicted molar refractivity (Wildman–Crippen MR) is 105 cm³/mol. The lowest BCUT2D eigenvalue weighted by atomic mass is 10.1. The highest BCUT2D eigenvalue weighted by Crippen LogP contribution is 2.28. The molecule has 1 aromatic heterocycles. The summed E-state index contributed by atoms with van der Waals surface area (Å²) in [6.07, 6.45) is 7.29. The van der Waals surface area contributed by atoms with Crippen molar-refractivity contribution in [2.75, 3.05) is 44.8 Å². The van der Waals surface area contributed by atoms with E-state index in [1.807, 2.05) is 48.5 Å². The van der Waals surface area contributed by atoms with Crippen LogP contribution in [0.3, 0.4) is 0 Å². The molecule has 6 heteroatoms. The average molecular weight is 368 g/mol. The van der Waals surface area contributed by atoms with E-state index in [9.17, 15) is 4.79 Å². The number of rotatable bonds is 6. The van der Waals surface area contributed by atoms with Gasteiger partial charge in [0.15, 0.2) is 23.9 Å². The minimum absolute atomic E-state index is 0.0322. The summed E-state index contributed by atoms with van der Waals surface area (Å²) in [6, 6.07) is 9.76. The zero-order valence-corrected chi connectivity index (χ0v) is 15.9. The summed E-state index contributed by atoms with van der Waals surface area (Å²) >= 11 is 0. The Hall–Kier alpha value is -3.02. The van der Waals surface area contributed by atoms with Gasteiger partial charge in [0.25, 0.3) is 0 Å². The van der Waals surface area contributed by atoms with Crippen LogP contribution in [0.15, 0.2) is 48.8 Å². The highest BCUT2D eigenvalue weighted by atomic mass is 16.5. The van der Waals surface area contributed by atoms with Crippen molar-refractivity contribution in [1.29, 1.82) is 0 Å². The first-order chi connectivity index (χ1) is 13.2. The Labute approximate surface area is 160 Å². The average Bonchev–Trinajstić information content (AvgIpc) is 2.73. The second-order valence-corrected chi connectivity index (χ2v) is 6.25. The van der Waals surface area contributed by atoms with Crippen LogP contribution in [0.4, 0.5) is 5.69 Å². The van der Waals surface area contributed by atoms with Gasteiger partial charge in [-0.3, -0.25) is 4.79 Å². The molecule has 0 aliphatic carbocycles. The van der Waals surface area contributed by atoms with Gasteiger partial charge in [0.1, 0.15) is 0 Å². The lowest BCUT2D eigenvalue weighted by Crippen LogP contribution is -2.48. The van der Waals surface area contributed by atoms with Crippen LogP contribution in [0.1, 0.15) is 12.5 Å². The SMILES string of the molecule is CCOc1cc(/C=C/C(=O)N2CCN(c3cc[nH+]cc3)CC2)ccc1OC. The van der Waals surface area contributed by atoms with Gasteiger partial charge in [-0.25, -0.2) is 4.98 Å². The van der Waals surface area contributed by atoms with Crippen molar-refractivity contribution in [3.05, 3.63) is 54.4 Å². The number of nitrogens with one attached hydrogen (secondary N) is 1. The summed E-state index contributed by atoms with van der Waals surface area (Å²) < 4.78 is 10.9. The second-order valence-electron chi connectivity index (χ2n) is 6.25. The van der Waals surface area contributed by atoms with E-state index in [1.165, 1.54) is 5.69 Å². The summed E-state index contributed by atoms with van der Waals surface area (Å²) in [5.41, 5.74) is 2.09. The van der Waals surface area contributed by atoms with Gasteiger partial charge in [0.2, 0.25) is 5.91 Å². The molecular formula is C21H26N3O3+. The number of nitrogens with zero attached hydrogens (tertiary/aromatic N) is 2. The number of anilines is 1. The minimum atomic E-state index is 0.0322. The number of hydrogen-bond acceptors (Lipinski definition) is 4. The van der Waals surface area contributed by atoms with Gasteiger partial charge >= 0.3 is 0 Å². The van der Waals surface area contributed by atoms with E-state index in [4.69, 9.17) is 9.47 Å². The number of aromatic amines is 1. The molecule has 0 saturated carbocycles. The van der Waals surface area contributed by atoms with Crippen LogP contribution in [0, 0.1) is 0 Å². The molecule has 2 heterocycles. The Morgan fingerprint density at radius 3 is 2.52 bits per heavy atom. The quantitative estimate of drug-likeness (QED) is 0.734. The number of hydrogen-bond donors (Lipinski definition) is 0. The molecule has 1 saturated heterocycles. The first-order valence-electron chi connectivity index (χ1n) is 9.20. The summed E-state index contributed by atoms with van der Waals surface area (Å²) in [7, 11) is 1.62. The molecule has 6 nitrogen and oxygen atoms in total. The van der Waals surface area contributed by atoms with Gasteiger partial charge in [0.05, 0.1) is 13.7 Å². The molecule has 1 amide bonds. The number of pyridine rings is 1. The number of benzene rings is 1. The normalized spacial score (nSPS) is 14.4. The van der Waals surface area contributed by atoms with Crippen LogP contribution in [0.5, 0.6) is 11.5 Å². The summed E-state index contributed by atoms with van der Waals surface area (Å²) in [5.74, 6) is 1.41. The molecule has 0 unspecified atom stereocenters. The molecule has 1 fully saturated rings. The predicted octanol–water partition coefficient (Wildman–Crippen LogP) is 2.27. The van der Waals surface area contributed by atoms with Crippen LogP contribution in [0.25, 0.3) is 6.08 Å². The highest BCUT2D eigenvalue weighted by molar-refractivity contribution is 5.92. The number of ether oxygens (including phenoxy) is 2. The van der Waals surface area contributed by atoms with E-state index in [-0.39, 0.29) is 5.91 Å². The van der Waals surface area contributed by atoms with Crippen molar-refractivity contribution < 1.29 is 19.3 Å². The van der Waals surface area contributed by atoms with E-state index in [1.54, 1.807) is 13.2 Å². The van der Waals surface area contributed by atoms with Crippen molar-refractivity contribution >= 4 is 17.7 Å². The number of aromatic nitrogens is 1. The minimum Gasteiger partial charge on any atom is -0.493 e. The van der Waals surface area contributed by atoms with E-state index in [0.717, 1.165) is 18.7 Å². The molecular weight excluding hydrogens is 342 g/mol. The molecule has 0 radical (unpaired) electrons. The number of H-pyrrole nitrogens is 1. The van der Waals surface area contributed by atoms with Crippen molar-refractivity contribution in [2.45, 2.75) is 6.92 Å². The monoisotopic (exact) mass is 368 g/mol. The Kier molecular flexibility index (Phi) is 6.30. The van der Waals surface area contributed by atoms with E-state index in [0.29, 0.717) is 31.2 Å². The number of carbonyl (C=O) groups excluding carboxylic acids is 1. The summed E-state index contributed by atoms with van der Waals surface area (Å²) in [4.78, 5) is 19.7. The van der Waals surface area contributed by atoms with Gasteiger partial charge in [0, 0.05) is 50.1 Å². The molecule has 0 bridgehead atoms. The van der Waals surface area contributed by atoms with Crippen LogP contribution < -0.4 is 19.4 Å². The molecule has 142 valence electrons. The highest BCUT2D eigenvalue weighted by Gasteiger charge is 2.20. The van der Waals surface area contributed by atoms with Crippen LogP contribution in [-0.2, 0) is 4.79 Å². The largest absolute Gasteiger partial charge is 0.493 e. The maximum absolute atomic E-state index is 12.5. The zero-order valence-electron chi connectivity index (χ0n) is 15.9. The molecule has 1 N–H and O–H groups in total. The number of amides is 1. The van der Waals surface area contributed by atoms with E-state index < -0.39 is 0 Å². The summed E-state index contributed by atoms with van der Waals surface area (Å²) in [6.45, 7) is 5.59. The topological polar surface area (TPSA) is 56.2 Å². The Morgan fingerprint density at radius 1 is 1.11 bits per heavy atom. The maximum Gasteiger partial charge on any atom is 0.246 e. The third-order valence-electron chi connectivity index (χ3n) is 4.56. The van der Waals surface area contributed by atoms with Crippen LogP contribution in [0.2, 0.25) is 0 Å². The lowest BCUT2D eigenvalue weighted by molar-refractivity contribution is -0.377. The maximum atomic E-state index is 12.5. The first-order valence-corrected chi connectivity index (χ1v) is 9.20. The van der Waals surface area contributed by atoms with Crippen LogP contribution >= 0.6 is 0 Å². The molecule has 0 atom stereocenters. The Balaban J connectivity index is 1.58. The van der Waals surface area contributed by atoms with Crippen molar-refractivity contribution in [3.63, 3.8) is 0 Å². The van der Waals surface area contributed by atoms with Crippen LogP contribution in [-0.4, -0.2) is 50.7 Å². The van der Waals surface area contributed by atoms with Gasteiger partial charge in [-0.05, 0) is 30.7 Å². The van der Waals surface area contributed by atoms with Crippen molar-refractivity contribution in [2.24, 2.45) is 0 Å². The standard InChI is InChI=1S/C21H25N3O3/c1-3-27-20-16-17(4-6-19(20)26-2)5-7-21(25)24-14-12-23(13-15-24)18-8-10-22-11-9-18/h4-11,16H,3,12-15H2,1-2H3/p+1/b7-5+. The fourth-order valence-corrected chi connectivity index (χ4v) is 3.11. The Morgan fingerprint density at radius 2 is 1.85 bits per heavy atom. The molecule has 1 aliphatic heterocycles. The second kappa shape index (κ2) is 9.07. The Bertz CT molecular complexity index is 785.